The van der Waals surface area contributed by atoms with E-state index < -0.39 is 0 Å². The lowest BCUT2D eigenvalue weighted by atomic mass is 9.84. The summed E-state index contributed by atoms with van der Waals surface area (Å²) in [6, 6.07) is 21.4. The van der Waals surface area contributed by atoms with Crippen LogP contribution in [0.1, 0.15) is 22.6 Å². The first-order valence-electron chi connectivity index (χ1n) is 8.07. The number of hydrogen-bond acceptors (Lipinski definition) is 4. The molecule has 126 valence electrons. The molecule has 1 heterocycles. The molecule has 0 spiro atoms. The first kappa shape index (κ1) is 15.4. The van der Waals surface area contributed by atoms with Crippen LogP contribution in [0.2, 0.25) is 0 Å². The number of benzene rings is 3. The third-order valence-electron chi connectivity index (χ3n) is 4.41. The van der Waals surface area contributed by atoms with Crippen LogP contribution in [0.5, 0.6) is 23.0 Å². The van der Waals surface area contributed by atoms with Gasteiger partial charge in [0, 0.05) is 17.5 Å². The molecular weight excluding hydrogens is 316 g/mol. The second-order valence-electron chi connectivity index (χ2n) is 5.88. The fourth-order valence-corrected chi connectivity index (χ4v) is 3.17. The zero-order valence-electron chi connectivity index (χ0n) is 13.8. The van der Waals surface area contributed by atoms with E-state index in [1.165, 1.54) is 0 Å². The summed E-state index contributed by atoms with van der Waals surface area (Å²) in [6.07, 6.45) is 0. The zero-order valence-corrected chi connectivity index (χ0v) is 13.8. The normalized spacial score (nSPS) is 13.5. The molecule has 4 heteroatoms. The maximum Gasteiger partial charge on any atom is 0.231 e. The van der Waals surface area contributed by atoms with Crippen LogP contribution in [-0.4, -0.2) is 19.0 Å². The number of ether oxygens (including phenoxy) is 3. The third kappa shape index (κ3) is 2.87. The van der Waals surface area contributed by atoms with Crippen molar-refractivity contribution in [3.05, 3.63) is 83.4 Å². The van der Waals surface area contributed by atoms with E-state index in [0.717, 1.165) is 22.4 Å². The van der Waals surface area contributed by atoms with Crippen molar-refractivity contribution in [2.24, 2.45) is 0 Å². The molecule has 4 rings (SSSR count). The van der Waals surface area contributed by atoms with E-state index in [-0.39, 0.29) is 18.5 Å². The molecule has 3 aromatic carbocycles. The minimum Gasteiger partial charge on any atom is -0.507 e. The van der Waals surface area contributed by atoms with Gasteiger partial charge >= 0.3 is 0 Å². The van der Waals surface area contributed by atoms with Gasteiger partial charge in [-0.3, -0.25) is 0 Å². The summed E-state index contributed by atoms with van der Waals surface area (Å²) >= 11 is 0. The van der Waals surface area contributed by atoms with Crippen molar-refractivity contribution in [1.29, 1.82) is 0 Å². The molecule has 0 fully saturated rings. The molecule has 0 unspecified atom stereocenters. The fourth-order valence-electron chi connectivity index (χ4n) is 3.17. The SMILES string of the molecule is COc1ccc([C@@H](c2ccccc2)c2cc3c(cc2O)OCO3)cc1. The monoisotopic (exact) mass is 334 g/mol. The highest BCUT2D eigenvalue weighted by atomic mass is 16.7. The average molecular weight is 334 g/mol. The van der Waals surface area contributed by atoms with Gasteiger partial charge in [0.1, 0.15) is 11.5 Å². The summed E-state index contributed by atoms with van der Waals surface area (Å²) in [5, 5.41) is 10.6. The Morgan fingerprint density at radius 2 is 1.52 bits per heavy atom. The van der Waals surface area contributed by atoms with E-state index in [1.807, 2.05) is 48.5 Å². The van der Waals surface area contributed by atoms with E-state index in [2.05, 4.69) is 12.1 Å². The van der Waals surface area contributed by atoms with Crippen LogP contribution in [0.4, 0.5) is 0 Å². The van der Waals surface area contributed by atoms with Gasteiger partial charge in [-0.2, -0.15) is 0 Å². The van der Waals surface area contributed by atoms with Crippen molar-refractivity contribution < 1.29 is 19.3 Å². The quantitative estimate of drug-likeness (QED) is 0.722. The maximum absolute atomic E-state index is 10.6. The van der Waals surface area contributed by atoms with Crippen LogP contribution in [-0.2, 0) is 0 Å². The van der Waals surface area contributed by atoms with Gasteiger partial charge < -0.3 is 19.3 Å². The number of rotatable bonds is 4. The lowest BCUT2D eigenvalue weighted by molar-refractivity contribution is 0.174. The number of phenols is 1. The van der Waals surface area contributed by atoms with Gasteiger partial charge in [-0.1, -0.05) is 42.5 Å². The molecule has 0 amide bonds. The van der Waals surface area contributed by atoms with E-state index in [0.29, 0.717) is 11.5 Å². The topological polar surface area (TPSA) is 47.9 Å². The number of hydrogen-bond donors (Lipinski definition) is 1. The van der Waals surface area contributed by atoms with Gasteiger partial charge in [0.15, 0.2) is 11.5 Å². The molecule has 1 atom stereocenters. The smallest absolute Gasteiger partial charge is 0.231 e. The summed E-state index contributed by atoms with van der Waals surface area (Å²) in [5.41, 5.74) is 2.92. The van der Waals surface area contributed by atoms with Crippen molar-refractivity contribution in [3.8, 4) is 23.0 Å². The van der Waals surface area contributed by atoms with Gasteiger partial charge in [-0.05, 0) is 29.3 Å². The highest BCUT2D eigenvalue weighted by Crippen LogP contribution is 2.44. The average Bonchev–Trinajstić information content (AvgIpc) is 3.11. The Kier molecular flexibility index (Phi) is 3.94. The standard InChI is InChI=1S/C21H18O4/c1-23-16-9-7-15(8-10-16)21(14-5-3-2-4-6-14)17-11-19-20(12-18(17)22)25-13-24-19/h2-12,21-22H,13H2,1H3/t21-/m1/s1. The van der Waals surface area contributed by atoms with Crippen molar-refractivity contribution in [1.82, 2.24) is 0 Å². The van der Waals surface area contributed by atoms with Crippen molar-refractivity contribution in [3.63, 3.8) is 0 Å². The van der Waals surface area contributed by atoms with Crippen molar-refractivity contribution in [2.45, 2.75) is 5.92 Å². The predicted octanol–water partition coefficient (Wildman–Crippen LogP) is 4.31. The van der Waals surface area contributed by atoms with Gasteiger partial charge in [-0.25, -0.2) is 0 Å². The Labute approximate surface area is 146 Å². The maximum atomic E-state index is 10.6. The Balaban J connectivity index is 1.86. The highest BCUT2D eigenvalue weighted by Gasteiger charge is 2.24. The van der Waals surface area contributed by atoms with E-state index in [9.17, 15) is 5.11 Å². The van der Waals surface area contributed by atoms with Crippen LogP contribution in [0.3, 0.4) is 0 Å². The Morgan fingerprint density at radius 1 is 0.880 bits per heavy atom. The van der Waals surface area contributed by atoms with Crippen LogP contribution in [0, 0.1) is 0 Å². The molecular formula is C21H18O4. The minimum absolute atomic E-state index is 0.124. The molecule has 4 nitrogen and oxygen atoms in total. The third-order valence-corrected chi connectivity index (χ3v) is 4.41. The number of phenolic OH excluding ortho intramolecular Hbond substituents is 1. The fraction of sp³-hybridized carbons (Fsp3) is 0.143. The predicted molar refractivity (Wildman–Crippen MR) is 94.6 cm³/mol. The molecule has 0 radical (unpaired) electrons. The summed E-state index contributed by atoms with van der Waals surface area (Å²) in [4.78, 5) is 0. The molecule has 25 heavy (non-hydrogen) atoms. The number of fused-ring (bicyclic) bond motifs is 1. The van der Waals surface area contributed by atoms with E-state index in [1.54, 1.807) is 13.2 Å². The van der Waals surface area contributed by atoms with Crippen molar-refractivity contribution in [2.75, 3.05) is 13.9 Å². The summed E-state index contributed by atoms with van der Waals surface area (Å²) < 4.78 is 16.1. The van der Waals surface area contributed by atoms with Crippen molar-refractivity contribution >= 4 is 0 Å². The van der Waals surface area contributed by atoms with Crippen LogP contribution in [0.15, 0.2) is 66.7 Å². The Bertz CT molecular complexity index is 872. The van der Waals surface area contributed by atoms with Gasteiger partial charge in [0.05, 0.1) is 7.11 Å². The van der Waals surface area contributed by atoms with E-state index >= 15 is 0 Å². The highest BCUT2D eigenvalue weighted by molar-refractivity contribution is 5.57. The number of aromatic hydroxyl groups is 1. The molecule has 0 aliphatic carbocycles. The van der Waals surface area contributed by atoms with Gasteiger partial charge in [-0.15, -0.1) is 0 Å². The van der Waals surface area contributed by atoms with Gasteiger partial charge in [0.2, 0.25) is 6.79 Å². The molecule has 1 aliphatic rings. The zero-order chi connectivity index (χ0) is 17.2. The van der Waals surface area contributed by atoms with Gasteiger partial charge in [0.25, 0.3) is 0 Å². The Morgan fingerprint density at radius 3 is 2.20 bits per heavy atom. The second-order valence-corrected chi connectivity index (χ2v) is 5.88. The molecule has 0 bridgehead atoms. The van der Waals surface area contributed by atoms with Crippen LogP contribution >= 0.6 is 0 Å². The summed E-state index contributed by atoms with van der Waals surface area (Å²) in [7, 11) is 1.65. The minimum atomic E-state index is -0.124. The molecule has 0 saturated heterocycles. The van der Waals surface area contributed by atoms with Crippen LogP contribution < -0.4 is 14.2 Å². The second kappa shape index (κ2) is 6.40. The largest absolute Gasteiger partial charge is 0.507 e. The first-order valence-corrected chi connectivity index (χ1v) is 8.07. The van der Waals surface area contributed by atoms with Crippen LogP contribution in [0.25, 0.3) is 0 Å². The lowest BCUT2D eigenvalue weighted by Gasteiger charge is -2.20. The first-order chi connectivity index (χ1) is 12.3. The Hall–Kier alpha value is -3.14. The molecule has 1 aliphatic heterocycles. The molecule has 1 N–H and O–H groups in total. The summed E-state index contributed by atoms with van der Waals surface area (Å²) in [6.45, 7) is 0.177. The number of methoxy groups -OCH3 is 1. The molecule has 0 aromatic heterocycles. The molecule has 3 aromatic rings. The van der Waals surface area contributed by atoms with E-state index in [4.69, 9.17) is 14.2 Å². The lowest BCUT2D eigenvalue weighted by Crippen LogP contribution is -2.04. The summed E-state index contributed by atoms with van der Waals surface area (Å²) in [5.74, 6) is 2.09. The molecule has 0 saturated carbocycles.